The first-order valence-electron chi connectivity index (χ1n) is 10.0. The molecule has 1 aliphatic heterocycles. The zero-order valence-electron chi connectivity index (χ0n) is 17.0. The molecule has 0 bridgehead atoms. The summed E-state index contributed by atoms with van der Waals surface area (Å²) in [7, 11) is 3.19. The number of hydrogen-bond acceptors (Lipinski definition) is 3. The molecule has 5 heteroatoms. The highest BCUT2D eigenvalue weighted by molar-refractivity contribution is 5.93. The van der Waals surface area contributed by atoms with E-state index >= 15 is 0 Å². The molecule has 0 aromatic heterocycles. The number of benzene rings is 2. The molecule has 0 aliphatic carbocycles. The Morgan fingerprint density at radius 1 is 1.07 bits per heavy atom. The summed E-state index contributed by atoms with van der Waals surface area (Å²) in [4.78, 5) is 14.1. The second kappa shape index (κ2) is 9.60. The molecular weight excluding hydrogens is 352 g/mol. The van der Waals surface area contributed by atoms with Gasteiger partial charge in [-0.05, 0) is 49.8 Å². The topological polar surface area (TPSA) is 52.0 Å². The van der Waals surface area contributed by atoms with Crippen molar-refractivity contribution in [3.8, 4) is 11.5 Å². The van der Waals surface area contributed by atoms with Crippen LogP contribution in [0, 0.1) is 5.92 Å². The summed E-state index contributed by atoms with van der Waals surface area (Å²) >= 11 is 0. The number of methoxy groups -OCH3 is 2. The Balaban J connectivity index is 1.52. The second-order valence-electron chi connectivity index (χ2n) is 7.57. The quantitative estimate of drug-likeness (QED) is 0.773. The SMILES string of the molecule is COc1ccc(NC(=O)[C@H](C)[NH+]2CCC(Cc3ccccc3)CC2)cc1OC. The maximum atomic E-state index is 12.7. The molecule has 1 heterocycles. The third-order valence-electron chi connectivity index (χ3n) is 5.77. The van der Waals surface area contributed by atoms with E-state index in [1.165, 1.54) is 10.5 Å². The standard InChI is InChI=1S/C23H30N2O3/c1-17(23(26)24-20-9-10-21(27-2)22(16-20)28-3)25-13-11-19(12-14-25)15-18-7-5-4-6-8-18/h4-10,16-17,19H,11-15H2,1-3H3,(H,24,26)/p+1/t17-/m0/s1. The predicted octanol–water partition coefficient (Wildman–Crippen LogP) is 2.57. The van der Waals surface area contributed by atoms with Crippen LogP contribution in [0.2, 0.25) is 0 Å². The summed E-state index contributed by atoms with van der Waals surface area (Å²) in [6.07, 6.45) is 3.47. The summed E-state index contributed by atoms with van der Waals surface area (Å²) in [5.74, 6) is 2.03. The van der Waals surface area contributed by atoms with Crippen molar-refractivity contribution < 1.29 is 19.2 Å². The van der Waals surface area contributed by atoms with Crippen LogP contribution in [0.3, 0.4) is 0 Å². The van der Waals surface area contributed by atoms with Crippen molar-refractivity contribution in [2.75, 3.05) is 32.6 Å². The summed E-state index contributed by atoms with van der Waals surface area (Å²) < 4.78 is 10.6. The number of likely N-dealkylation sites (tertiary alicyclic amines) is 1. The number of ether oxygens (including phenoxy) is 2. The van der Waals surface area contributed by atoms with Gasteiger partial charge in [-0.2, -0.15) is 0 Å². The van der Waals surface area contributed by atoms with E-state index in [1.54, 1.807) is 26.4 Å². The number of piperidine rings is 1. The maximum absolute atomic E-state index is 12.7. The molecule has 2 aromatic carbocycles. The number of amides is 1. The molecule has 0 unspecified atom stereocenters. The van der Waals surface area contributed by atoms with Crippen molar-refractivity contribution in [1.82, 2.24) is 0 Å². The van der Waals surface area contributed by atoms with E-state index in [-0.39, 0.29) is 11.9 Å². The zero-order valence-corrected chi connectivity index (χ0v) is 17.0. The van der Waals surface area contributed by atoms with Crippen molar-refractivity contribution in [2.24, 2.45) is 5.92 Å². The third kappa shape index (κ3) is 5.04. The van der Waals surface area contributed by atoms with Crippen LogP contribution in [0.5, 0.6) is 11.5 Å². The number of carbonyl (C=O) groups is 1. The lowest BCUT2D eigenvalue weighted by molar-refractivity contribution is -0.919. The van der Waals surface area contributed by atoms with Gasteiger partial charge in [-0.3, -0.25) is 4.79 Å². The minimum absolute atomic E-state index is 0.0451. The number of anilines is 1. The molecule has 1 atom stereocenters. The van der Waals surface area contributed by atoms with Crippen LogP contribution >= 0.6 is 0 Å². The fourth-order valence-electron chi connectivity index (χ4n) is 3.98. The van der Waals surface area contributed by atoms with E-state index in [9.17, 15) is 4.79 Å². The van der Waals surface area contributed by atoms with Crippen LogP contribution in [0.15, 0.2) is 48.5 Å². The monoisotopic (exact) mass is 383 g/mol. The van der Waals surface area contributed by atoms with Gasteiger partial charge in [0.1, 0.15) is 0 Å². The first kappa shape index (κ1) is 20.2. The van der Waals surface area contributed by atoms with Gasteiger partial charge in [0.05, 0.1) is 27.3 Å². The number of quaternary nitrogens is 1. The van der Waals surface area contributed by atoms with Gasteiger partial charge in [0.15, 0.2) is 17.5 Å². The van der Waals surface area contributed by atoms with E-state index in [1.807, 2.05) is 13.0 Å². The molecule has 1 saturated heterocycles. The summed E-state index contributed by atoms with van der Waals surface area (Å²) in [6.45, 7) is 4.10. The first-order valence-corrected chi connectivity index (χ1v) is 10.0. The van der Waals surface area contributed by atoms with E-state index < -0.39 is 0 Å². The Morgan fingerprint density at radius 3 is 2.39 bits per heavy atom. The van der Waals surface area contributed by atoms with Gasteiger partial charge >= 0.3 is 0 Å². The normalized spacial score (nSPS) is 20.2. The van der Waals surface area contributed by atoms with Crippen molar-refractivity contribution in [3.63, 3.8) is 0 Å². The number of nitrogens with one attached hydrogen (secondary N) is 2. The van der Waals surface area contributed by atoms with Crippen LogP contribution < -0.4 is 19.7 Å². The Morgan fingerprint density at radius 2 is 1.75 bits per heavy atom. The van der Waals surface area contributed by atoms with Gasteiger partial charge < -0.3 is 19.7 Å². The highest BCUT2D eigenvalue weighted by Gasteiger charge is 2.30. The third-order valence-corrected chi connectivity index (χ3v) is 5.77. The predicted molar refractivity (Wildman–Crippen MR) is 111 cm³/mol. The highest BCUT2D eigenvalue weighted by atomic mass is 16.5. The fourth-order valence-corrected chi connectivity index (χ4v) is 3.98. The fraction of sp³-hybridized carbons (Fsp3) is 0.435. The smallest absolute Gasteiger partial charge is 0.282 e. The minimum Gasteiger partial charge on any atom is -0.493 e. The van der Waals surface area contributed by atoms with Crippen molar-refractivity contribution >= 4 is 11.6 Å². The van der Waals surface area contributed by atoms with Crippen LogP contribution in [-0.2, 0) is 11.2 Å². The molecule has 5 nitrogen and oxygen atoms in total. The average molecular weight is 384 g/mol. The van der Waals surface area contributed by atoms with Gasteiger partial charge in [-0.25, -0.2) is 0 Å². The lowest BCUT2D eigenvalue weighted by Gasteiger charge is -2.32. The minimum atomic E-state index is -0.0780. The molecule has 0 saturated carbocycles. The summed E-state index contributed by atoms with van der Waals surface area (Å²) in [5.41, 5.74) is 2.14. The first-order chi connectivity index (χ1) is 13.6. The average Bonchev–Trinajstić information content (AvgIpc) is 2.74. The summed E-state index contributed by atoms with van der Waals surface area (Å²) in [5, 5.41) is 3.02. The molecule has 2 N–H and O–H groups in total. The molecule has 0 radical (unpaired) electrons. The summed E-state index contributed by atoms with van der Waals surface area (Å²) in [6, 6.07) is 16.1. The van der Waals surface area contributed by atoms with E-state index in [0.717, 1.165) is 38.0 Å². The van der Waals surface area contributed by atoms with Gasteiger partial charge in [-0.15, -0.1) is 0 Å². The van der Waals surface area contributed by atoms with Crippen LogP contribution in [-0.4, -0.2) is 39.3 Å². The Hall–Kier alpha value is -2.53. The Bertz CT molecular complexity index is 771. The Labute approximate surface area is 167 Å². The molecule has 1 amide bonds. The largest absolute Gasteiger partial charge is 0.493 e. The zero-order chi connectivity index (χ0) is 19.9. The van der Waals surface area contributed by atoms with Crippen LogP contribution in [0.4, 0.5) is 5.69 Å². The van der Waals surface area contributed by atoms with Gasteiger partial charge in [0.2, 0.25) is 0 Å². The molecule has 150 valence electrons. The van der Waals surface area contributed by atoms with E-state index in [4.69, 9.17) is 9.47 Å². The number of carbonyl (C=O) groups excluding carboxylic acids is 1. The number of hydrogen-bond donors (Lipinski definition) is 2. The molecule has 28 heavy (non-hydrogen) atoms. The Kier molecular flexibility index (Phi) is 6.93. The molecule has 2 aromatic rings. The van der Waals surface area contributed by atoms with Crippen LogP contribution in [0.25, 0.3) is 0 Å². The molecule has 0 spiro atoms. The van der Waals surface area contributed by atoms with Gasteiger partial charge in [0, 0.05) is 11.8 Å². The van der Waals surface area contributed by atoms with E-state index in [0.29, 0.717) is 17.4 Å². The lowest BCUT2D eigenvalue weighted by Crippen LogP contribution is -3.17. The second-order valence-corrected chi connectivity index (χ2v) is 7.57. The molecular formula is C23H31N2O3+. The van der Waals surface area contributed by atoms with E-state index in [2.05, 4.69) is 35.6 Å². The van der Waals surface area contributed by atoms with Gasteiger partial charge in [0.25, 0.3) is 5.91 Å². The lowest BCUT2D eigenvalue weighted by atomic mass is 9.89. The van der Waals surface area contributed by atoms with Crippen molar-refractivity contribution in [2.45, 2.75) is 32.2 Å². The highest BCUT2D eigenvalue weighted by Crippen LogP contribution is 2.29. The van der Waals surface area contributed by atoms with Crippen molar-refractivity contribution in [1.29, 1.82) is 0 Å². The molecule has 3 rings (SSSR count). The van der Waals surface area contributed by atoms with Gasteiger partial charge in [-0.1, -0.05) is 30.3 Å². The van der Waals surface area contributed by atoms with Crippen molar-refractivity contribution in [3.05, 3.63) is 54.1 Å². The van der Waals surface area contributed by atoms with Crippen LogP contribution in [0.1, 0.15) is 25.3 Å². The number of rotatable bonds is 7. The molecule has 1 aliphatic rings. The molecule has 1 fully saturated rings. The maximum Gasteiger partial charge on any atom is 0.282 e.